The van der Waals surface area contributed by atoms with Crippen LogP contribution in [-0.4, -0.2) is 25.8 Å². The van der Waals surface area contributed by atoms with E-state index in [1.807, 2.05) is 35.9 Å². The summed E-state index contributed by atoms with van der Waals surface area (Å²) in [5, 5.41) is 17.2. The second-order valence-electron chi connectivity index (χ2n) is 3.93. The van der Waals surface area contributed by atoms with Crippen LogP contribution in [-0.2, 0) is 17.6 Å². The van der Waals surface area contributed by atoms with E-state index in [4.69, 9.17) is 5.11 Å². The van der Waals surface area contributed by atoms with Gasteiger partial charge in [0.05, 0.1) is 0 Å². The molecule has 5 nitrogen and oxygen atoms in total. The van der Waals surface area contributed by atoms with Crippen LogP contribution in [0, 0.1) is 0 Å². The molecule has 0 atom stereocenters. The highest BCUT2D eigenvalue weighted by Gasteiger charge is 2.01. The highest BCUT2D eigenvalue weighted by atomic mass is 32.2. The van der Waals surface area contributed by atoms with Gasteiger partial charge >= 0.3 is 5.97 Å². The fourth-order valence-corrected chi connectivity index (χ4v) is 2.29. The Kier molecular flexibility index (Phi) is 4.35. The molecule has 2 rings (SSSR count). The zero-order valence-electron chi connectivity index (χ0n) is 10.4. The van der Waals surface area contributed by atoms with Crippen LogP contribution in [0.1, 0.15) is 11.1 Å². The molecule has 1 aromatic heterocycles. The minimum absolute atomic E-state index is 0.801. The summed E-state index contributed by atoms with van der Waals surface area (Å²) in [6.45, 7) is 0. The van der Waals surface area contributed by atoms with Crippen LogP contribution < -0.4 is 0 Å². The van der Waals surface area contributed by atoms with Crippen molar-refractivity contribution in [2.45, 2.75) is 10.9 Å². The van der Waals surface area contributed by atoms with Gasteiger partial charge in [-0.05, 0) is 17.2 Å². The van der Waals surface area contributed by atoms with E-state index >= 15 is 0 Å². The molecule has 1 aromatic carbocycles. The van der Waals surface area contributed by atoms with E-state index in [2.05, 4.69) is 10.2 Å². The molecule has 1 heterocycles. The summed E-state index contributed by atoms with van der Waals surface area (Å²) < 4.78 is 1.87. The maximum absolute atomic E-state index is 10.4. The molecular weight excluding hydrogens is 262 g/mol. The molecule has 0 aliphatic heterocycles. The molecule has 0 fully saturated rings. The molecule has 0 radical (unpaired) electrons. The molecular formula is C13H13N3O2S. The Bertz CT molecular complexity index is 590. The van der Waals surface area contributed by atoms with Crippen LogP contribution in [0.4, 0.5) is 0 Å². The second kappa shape index (κ2) is 6.19. The Hall–Kier alpha value is -2.08. The first-order valence-electron chi connectivity index (χ1n) is 5.62. The molecule has 0 unspecified atom stereocenters. The monoisotopic (exact) mass is 275 g/mol. The van der Waals surface area contributed by atoms with E-state index in [0.29, 0.717) is 0 Å². The molecule has 0 spiro atoms. The van der Waals surface area contributed by atoms with Gasteiger partial charge in [0.1, 0.15) is 6.33 Å². The molecule has 19 heavy (non-hydrogen) atoms. The predicted octanol–water partition coefficient (Wildman–Crippen LogP) is 2.21. The first-order chi connectivity index (χ1) is 9.15. The van der Waals surface area contributed by atoms with E-state index in [1.165, 1.54) is 0 Å². The van der Waals surface area contributed by atoms with Gasteiger partial charge in [-0.25, -0.2) is 4.79 Å². The second-order valence-corrected chi connectivity index (χ2v) is 4.87. The first-order valence-corrected chi connectivity index (χ1v) is 6.60. The lowest BCUT2D eigenvalue weighted by Gasteiger charge is -2.01. The van der Waals surface area contributed by atoms with Gasteiger partial charge in [0.2, 0.25) is 0 Å². The Morgan fingerprint density at radius 1 is 1.42 bits per heavy atom. The van der Waals surface area contributed by atoms with Crippen LogP contribution in [0.5, 0.6) is 0 Å². The number of carboxylic acid groups (broad SMARTS) is 1. The zero-order valence-corrected chi connectivity index (χ0v) is 11.2. The van der Waals surface area contributed by atoms with Crippen molar-refractivity contribution >= 4 is 23.8 Å². The summed E-state index contributed by atoms with van der Waals surface area (Å²) in [5.74, 6) is -0.142. The molecule has 98 valence electrons. The van der Waals surface area contributed by atoms with Crippen LogP contribution in [0.25, 0.3) is 6.08 Å². The Morgan fingerprint density at radius 3 is 2.74 bits per heavy atom. The summed E-state index contributed by atoms with van der Waals surface area (Å²) in [4.78, 5) is 10.4. The van der Waals surface area contributed by atoms with Crippen LogP contribution >= 0.6 is 11.8 Å². The van der Waals surface area contributed by atoms with Gasteiger partial charge in [0.25, 0.3) is 0 Å². The molecule has 0 aliphatic rings. The molecule has 0 amide bonds. The number of nitrogens with zero attached hydrogens (tertiary/aromatic N) is 3. The van der Waals surface area contributed by atoms with Gasteiger partial charge in [-0.2, -0.15) is 0 Å². The van der Waals surface area contributed by atoms with Gasteiger partial charge < -0.3 is 9.67 Å². The predicted molar refractivity (Wildman–Crippen MR) is 73.7 cm³/mol. The van der Waals surface area contributed by atoms with Crippen molar-refractivity contribution in [3.8, 4) is 0 Å². The topological polar surface area (TPSA) is 68.0 Å². The van der Waals surface area contributed by atoms with Gasteiger partial charge in [-0.3, -0.25) is 0 Å². The average molecular weight is 275 g/mol. The Labute approximate surface area is 115 Å². The summed E-state index contributed by atoms with van der Waals surface area (Å²) in [5.41, 5.74) is 2.02. The number of hydrogen-bond donors (Lipinski definition) is 1. The highest BCUT2D eigenvalue weighted by molar-refractivity contribution is 7.98. The number of hydrogen-bond acceptors (Lipinski definition) is 4. The summed E-state index contributed by atoms with van der Waals surface area (Å²) in [7, 11) is 1.90. The minimum atomic E-state index is -0.943. The summed E-state index contributed by atoms with van der Waals surface area (Å²) in [6.07, 6.45) is 4.37. The van der Waals surface area contributed by atoms with Gasteiger partial charge in [-0.15, -0.1) is 10.2 Å². The van der Waals surface area contributed by atoms with E-state index in [0.717, 1.165) is 28.1 Å². The Balaban J connectivity index is 1.95. The molecule has 0 aliphatic carbocycles. The van der Waals surface area contributed by atoms with Crippen molar-refractivity contribution in [2.24, 2.45) is 7.05 Å². The third-order valence-electron chi connectivity index (χ3n) is 2.44. The SMILES string of the molecule is Cn1cnnc1SCc1ccc(C=CC(=O)O)cc1. The fraction of sp³-hybridized carbons (Fsp3) is 0.154. The molecule has 0 bridgehead atoms. The van der Waals surface area contributed by atoms with E-state index in [-0.39, 0.29) is 0 Å². The normalized spacial score (nSPS) is 11.0. The number of benzene rings is 1. The molecule has 0 saturated carbocycles. The van der Waals surface area contributed by atoms with E-state index in [1.54, 1.807) is 24.2 Å². The van der Waals surface area contributed by atoms with E-state index in [9.17, 15) is 4.79 Å². The minimum Gasteiger partial charge on any atom is -0.478 e. The van der Waals surface area contributed by atoms with Crippen molar-refractivity contribution in [3.63, 3.8) is 0 Å². The van der Waals surface area contributed by atoms with Gasteiger partial charge in [0.15, 0.2) is 5.16 Å². The van der Waals surface area contributed by atoms with Crippen LogP contribution in [0.15, 0.2) is 41.8 Å². The lowest BCUT2D eigenvalue weighted by atomic mass is 10.1. The quantitative estimate of drug-likeness (QED) is 0.669. The number of aromatic nitrogens is 3. The lowest BCUT2D eigenvalue weighted by Crippen LogP contribution is -1.90. The number of carbonyl (C=O) groups is 1. The number of thioether (sulfide) groups is 1. The third kappa shape index (κ3) is 3.96. The number of aliphatic carboxylic acids is 1. The van der Waals surface area contributed by atoms with Crippen molar-refractivity contribution < 1.29 is 9.90 Å². The maximum atomic E-state index is 10.4. The number of carboxylic acids is 1. The van der Waals surface area contributed by atoms with Crippen LogP contribution in [0.2, 0.25) is 0 Å². The average Bonchev–Trinajstić information content (AvgIpc) is 2.81. The smallest absolute Gasteiger partial charge is 0.328 e. The largest absolute Gasteiger partial charge is 0.478 e. The molecule has 2 aromatic rings. The number of rotatable bonds is 5. The maximum Gasteiger partial charge on any atom is 0.328 e. The van der Waals surface area contributed by atoms with Crippen molar-refractivity contribution in [1.29, 1.82) is 0 Å². The first kappa shape index (κ1) is 13.4. The molecule has 1 N–H and O–H groups in total. The fourth-order valence-electron chi connectivity index (χ4n) is 1.44. The molecule has 6 heteroatoms. The molecule has 0 saturated heterocycles. The van der Waals surface area contributed by atoms with Gasteiger partial charge in [-0.1, -0.05) is 36.0 Å². The highest BCUT2D eigenvalue weighted by Crippen LogP contribution is 2.20. The van der Waals surface area contributed by atoms with Crippen molar-refractivity contribution in [2.75, 3.05) is 0 Å². The standard InChI is InChI=1S/C13H13N3O2S/c1-16-9-14-15-13(16)19-8-11-4-2-10(3-5-11)6-7-12(17)18/h2-7,9H,8H2,1H3,(H,17,18). The van der Waals surface area contributed by atoms with Crippen molar-refractivity contribution in [3.05, 3.63) is 47.8 Å². The van der Waals surface area contributed by atoms with Gasteiger partial charge in [0, 0.05) is 18.9 Å². The Morgan fingerprint density at radius 2 is 2.16 bits per heavy atom. The lowest BCUT2D eigenvalue weighted by molar-refractivity contribution is -0.131. The summed E-state index contributed by atoms with van der Waals surface area (Å²) >= 11 is 1.61. The third-order valence-corrected chi connectivity index (χ3v) is 3.54. The number of aryl methyl sites for hydroxylation is 1. The zero-order chi connectivity index (χ0) is 13.7. The van der Waals surface area contributed by atoms with E-state index < -0.39 is 5.97 Å². The summed E-state index contributed by atoms with van der Waals surface area (Å²) in [6, 6.07) is 7.74. The van der Waals surface area contributed by atoms with Crippen molar-refractivity contribution in [1.82, 2.24) is 14.8 Å². The van der Waals surface area contributed by atoms with Crippen LogP contribution in [0.3, 0.4) is 0 Å².